The van der Waals surface area contributed by atoms with E-state index in [-0.39, 0.29) is 96.2 Å². The van der Waals surface area contributed by atoms with Crippen LogP contribution in [0, 0.1) is 0 Å². The van der Waals surface area contributed by atoms with Gasteiger partial charge in [-0.05, 0) is 0 Å². The van der Waals surface area contributed by atoms with Gasteiger partial charge in [0.05, 0.1) is 0 Å². The molecule has 0 fully saturated rings. The summed E-state index contributed by atoms with van der Waals surface area (Å²) in [6.45, 7) is 0. The van der Waals surface area contributed by atoms with Crippen molar-refractivity contribution in [3.05, 3.63) is 0 Å². The largest absolute Gasteiger partial charge is 3.00 e. The summed E-state index contributed by atoms with van der Waals surface area (Å²) >= 11 is 0. The summed E-state index contributed by atoms with van der Waals surface area (Å²) in [6, 6.07) is 0. The third-order valence-electron chi connectivity index (χ3n) is 0. The summed E-state index contributed by atoms with van der Waals surface area (Å²) in [5, 5.41) is 0. The Labute approximate surface area is 95.3 Å². The van der Waals surface area contributed by atoms with Gasteiger partial charge in [-0.15, -0.1) is 0 Å². The normalized spacial score (nSPS) is 0. The van der Waals surface area contributed by atoms with Gasteiger partial charge in [-0.25, -0.2) is 0 Å². The van der Waals surface area contributed by atoms with Crippen LogP contribution in [0.25, 0.3) is 0 Å². The maximum atomic E-state index is 0. The van der Waals surface area contributed by atoms with E-state index in [0.717, 1.165) is 0 Å². The van der Waals surface area contributed by atoms with Crippen LogP contribution in [0.5, 0.6) is 0 Å². The van der Waals surface area contributed by atoms with Crippen molar-refractivity contribution in [2.24, 2.45) is 0 Å². The average molecular weight is 297 g/mol. The van der Waals surface area contributed by atoms with Crippen molar-refractivity contribution in [3.63, 3.8) is 0 Å². The molecule has 0 aromatic rings. The first-order valence-corrected chi connectivity index (χ1v) is 0. The van der Waals surface area contributed by atoms with Crippen LogP contribution in [-0.2, 0) is 34.1 Å². The van der Waals surface area contributed by atoms with Crippen molar-refractivity contribution in [2.75, 3.05) is 0 Å². The third kappa shape index (κ3) is 57.7. The molecule has 0 amide bonds. The van der Waals surface area contributed by atoms with E-state index >= 15 is 0 Å². The van der Waals surface area contributed by atoms with Crippen LogP contribution in [0.1, 0.15) is 0 Å². The number of halogens is 5. The zero-order valence-corrected chi connectivity index (χ0v) is 8.37. The number of hydrogen-bond donors (Lipinski definition) is 0. The van der Waals surface area contributed by atoms with E-state index in [1.54, 1.807) is 0 Å². The minimum absolute atomic E-state index is 0. The van der Waals surface area contributed by atoms with Crippen molar-refractivity contribution < 1.29 is 96.2 Å². The summed E-state index contributed by atoms with van der Waals surface area (Å²) in [6.07, 6.45) is 0. The maximum Gasteiger partial charge on any atom is 3.00 e. The van der Waals surface area contributed by atoms with E-state index in [1.165, 1.54) is 0 Å². The van der Waals surface area contributed by atoms with Crippen molar-refractivity contribution in [1.82, 2.24) is 0 Å². The molecule has 0 aromatic heterocycles. The molecule has 0 rings (SSSR count). The monoisotopic (exact) mass is 294 g/mol. The molecule has 0 atom stereocenters. The fourth-order valence-corrected chi connectivity index (χ4v) is 0. The number of hydrogen-bond acceptors (Lipinski definition) is 0. The van der Waals surface area contributed by atoms with E-state index in [4.69, 9.17) is 0 Å². The van der Waals surface area contributed by atoms with Gasteiger partial charge in [0.15, 0.2) is 0 Å². The summed E-state index contributed by atoms with van der Waals surface area (Å²) in [7, 11) is 0. The van der Waals surface area contributed by atoms with Gasteiger partial charge in [0.2, 0.25) is 0 Å². The Balaban J connectivity index is 0. The second kappa shape index (κ2) is 76.9. The molecule has 0 saturated heterocycles. The van der Waals surface area contributed by atoms with Crippen molar-refractivity contribution in [1.29, 1.82) is 0 Å². The summed E-state index contributed by atoms with van der Waals surface area (Å²) in [4.78, 5) is 0. The van der Waals surface area contributed by atoms with Crippen molar-refractivity contribution in [2.45, 2.75) is 0 Å². The van der Waals surface area contributed by atoms with E-state index in [1.807, 2.05) is 0 Å². The molecule has 54 valence electrons. The van der Waals surface area contributed by atoms with Crippen LogP contribution in [0.3, 0.4) is 0 Å². The zero-order chi connectivity index (χ0) is 0. The molecule has 0 aliphatic heterocycles. The van der Waals surface area contributed by atoms with Crippen LogP contribution in [0.4, 0.5) is 0 Å². The first kappa shape index (κ1) is 110. The third-order valence-corrected chi connectivity index (χ3v) is 0. The average Bonchev–Trinajstić information content (AvgIpc) is 0. The van der Waals surface area contributed by atoms with Gasteiger partial charge in [-0.3, -0.25) is 0 Å². The molecule has 2 radical (unpaired) electrons. The van der Waals surface area contributed by atoms with Gasteiger partial charge in [0.1, 0.15) is 0 Å². The molecule has 0 spiro atoms. The summed E-state index contributed by atoms with van der Waals surface area (Å²) in [5.41, 5.74) is 0. The van der Waals surface area contributed by atoms with E-state index in [9.17, 15) is 0 Å². The molecule has 0 saturated carbocycles. The Kier molecular flexibility index (Phi) is 1210. The van der Waals surface area contributed by atoms with E-state index in [0.29, 0.717) is 0 Å². The van der Waals surface area contributed by atoms with Crippen LogP contribution in [0.2, 0.25) is 0 Å². The molecule has 0 bridgehead atoms. The smallest absolute Gasteiger partial charge is 1.00 e. The molecule has 7 heavy (non-hydrogen) atoms. The molecule has 7 heteroatoms. The second-order valence-corrected chi connectivity index (χ2v) is 0. The zero-order valence-electron chi connectivity index (χ0n) is 2.54. The fraction of sp³-hybridized carbons (Fsp3) is 0. The molecule has 0 unspecified atom stereocenters. The first-order chi connectivity index (χ1) is 0. The molecular weight excluding hydrogens is 297 g/mol. The molecule has 0 nitrogen and oxygen atoms in total. The van der Waals surface area contributed by atoms with Gasteiger partial charge in [-0.1, -0.05) is 0 Å². The summed E-state index contributed by atoms with van der Waals surface area (Å²) in [5.74, 6) is 0. The molecule has 0 aliphatic carbocycles. The van der Waals surface area contributed by atoms with Gasteiger partial charge in [0.25, 0.3) is 0 Å². The predicted molar refractivity (Wildman–Crippen MR) is 0 cm³/mol. The standard InChI is InChI=1S/5ClH.Cu.Fe/h5*1H;;/q;;;;;+2;+3/p-5. The second-order valence-electron chi connectivity index (χ2n) is 0. The molecule has 0 N–H and O–H groups in total. The van der Waals surface area contributed by atoms with Crippen molar-refractivity contribution in [3.8, 4) is 0 Å². The van der Waals surface area contributed by atoms with Crippen LogP contribution in [-0.4, -0.2) is 0 Å². The molecule has 0 aromatic carbocycles. The van der Waals surface area contributed by atoms with Crippen LogP contribution < -0.4 is 62.0 Å². The van der Waals surface area contributed by atoms with E-state index < -0.39 is 0 Å². The van der Waals surface area contributed by atoms with E-state index in [2.05, 4.69) is 0 Å². The Hall–Kier alpha value is 2.49. The van der Waals surface area contributed by atoms with Gasteiger partial charge >= 0.3 is 34.1 Å². The Morgan fingerprint density at radius 2 is 0.429 bits per heavy atom. The fourth-order valence-electron chi connectivity index (χ4n) is 0. The molecule has 0 aliphatic rings. The summed E-state index contributed by atoms with van der Waals surface area (Å²) < 4.78 is 0. The van der Waals surface area contributed by atoms with Gasteiger partial charge in [-0.2, -0.15) is 0 Å². The van der Waals surface area contributed by atoms with Gasteiger partial charge < -0.3 is 62.0 Å². The topological polar surface area (TPSA) is 0 Å². The SMILES string of the molecule is [Cl-].[Cl-].[Cl-].[Cl-].[Cl-].[Cu+2].[Fe+3]. The Morgan fingerprint density at radius 1 is 0.429 bits per heavy atom. The molecule has 0 heterocycles. The Bertz CT molecular complexity index is 8.04. The van der Waals surface area contributed by atoms with Gasteiger partial charge in [0, 0.05) is 0 Å². The minimum Gasteiger partial charge on any atom is -1.00 e. The van der Waals surface area contributed by atoms with Crippen LogP contribution >= 0.6 is 0 Å². The van der Waals surface area contributed by atoms with Crippen LogP contribution in [0.15, 0.2) is 0 Å². The molecular formula is Cl5CuFe. The first-order valence-electron chi connectivity index (χ1n) is 0. The Morgan fingerprint density at radius 3 is 0.429 bits per heavy atom. The minimum atomic E-state index is 0. The quantitative estimate of drug-likeness (QED) is 0.390. The van der Waals surface area contributed by atoms with Crippen molar-refractivity contribution >= 4 is 0 Å². The predicted octanol–water partition coefficient (Wildman–Crippen LogP) is -15.0. The number of rotatable bonds is 0. The maximum absolute atomic E-state index is 0.